The lowest BCUT2D eigenvalue weighted by Crippen LogP contribution is -2.13. The van der Waals surface area contributed by atoms with Crippen molar-refractivity contribution in [2.45, 2.75) is 22.5 Å². The minimum Gasteiger partial charge on any atom is -0.399 e. The molecule has 0 aliphatic carbocycles. The highest BCUT2D eigenvalue weighted by molar-refractivity contribution is 7.99. The van der Waals surface area contributed by atoms with E-state index in [0.29, 0.717) is 16.3 Å². The third-order valence-corrected chi connectivity index (χ3v) is 4.98. The van der Waals surface area contributed by atoms with Gasteiger partial charge in [0.15, 0.2) is 0 Å². The van der Waals surface area contributed by atoms with Gasteiger partial charge in [-0.2, -0.15) is 0 Å². The Morgan fingerprint density at radius 3 is 2.55 bits per heavy atom. The van der Waals surface area contributed by atoms with Crippen LogP contribution < -0.4 is 10.9 Å². The standard InChI is InChI=1S/C14H16N2O2S2/c1-10-3-2-4-11(7-10)9-19-13-6-5-12(15)8-14(13)20(16,17)18/h2-8H,9,15H2,1H3,(H2,16,17,18). The first-order valence-corrected chi connectivity index (χ1v) is 8.50. The number of hydrogen-bond acceptors (Lipinski definition) is 4. The van der Waals surface area contributed by atoms with E-state index in [1.54, 1.807) is 12.1 Å². The highest BCUT2D eigenvalue weighted by atomic mass is 32.2. The van der Waals surface area contributed by atoms with Crippen molar-refractivity contribution in [3.8, 4) is 0 Å². The Balaban J connectivity index is 2.26. The summed E-state index contributed by atoms with van der Waals surface area (Å²) in [6, 6.07) is 12.8. The van der Waals surface area contributed by atoms with Gasteiger partial charge in [-0.05, 0) is 30.7 Å². The first kappa shape index (κ1) is 14.9. The van der Waals surface area contributed by atoms with Crippen molar-refractivity contribution in [3.63, 3.8) is 0 Å². The average Bonchev–Trinajstić information content (AvgIpc) is 2.36. The molecular formula is C14H16N2O2S2. The van der Waals surface area contributed by atoms with E-state index in [4.69, 9.17) is 10.9 Å². The summed E-state index contributed by atoms with van der Waals surface area (Å²) in [5, 5.41) is 5.22. The van der Waals surface area contributed by atoms with Crippen LogP contribution in [-0.4, -0.2) is 8.42 Å². The molecule has 2 aromatic rings. The zero-order chi connectivity index (χ0) is 14.8. The highest BCUT2D eigenvalue weighted by Crippen LogP contribution is 2.30. The van der Waals surface area contributed by atoms with Crippen LogP contribution in [0.3, 0.4) is 0 Å². The van der Waals surface area contributed by atoms with Gasteiger partial charge in [0, 0.05) is 16.3 Å². The molecule has 2 rings (SSSR count). The lowest BCUT2D eigenvalue weighted by Gasteiger charge is -2.09. The summed E-state index contributed by atoms with van der Waals surface area (Å²) in [7, 11) is -3.77. The Morgan fingerprint density at radius 1 is 1.15 bits per heavy atom. The molecule has 106 valence electrons. The van der Waals surface area contributed by atoms with E-state index in [1.807, 2.05) is 25.1 Å². The summed E-state index contributed by atoms with van der Waals surface area (Å²) < 4.78 is 23.2. The maximum absolute atomic E-state index is 11.6. The van der Waals surface area contributed by atoms with Gasteiger partial charge in [0.2, 0.25) is 10.0 Å². The number of sulfonamides is 1. The van der Waals surface area contributed by atoms with E-state index in [1.165, 1.54) is 23.4 Å². The molecule has 0 radical (unpaired) electrons. The van der Waals surface area contributed by atoms with Crippen LogP contribution in [0, 0.1) is 6.92 Å². The molecule has 20 heavy (non-hydrogen) atoms. The molecule has 2 aromatic carbocycles. The lowest BCUT2D eigenvalue weighted by molar-refractivity contribution is 0.596. The summed E-state index contributed by atoms with van der Waals surface area (Å²) in [6.45, 7) is 2.02. The molecule has 0 unspecified atom stereocenters. The zero-order valence-electron chi connectivity index (χ0n) is 11.0. The van der Waals surface area contributed by atoms with E-state index >= 15 is 0 Å². The van der Waals surface area contributed by atoms with Gasteiger partial charge in [0.25, 0.3) is 0 Å². The number of anilines is 1. The molecular weight excluding hydrogens is 292 g/mol. The monoisotopic (exact) mass is 308 g/mol. The van der Waals surface area contributed by atoms with Crippen molar-refractivity contribution < 1.29 is 8.42 Å². The van der Waals surface area contributed by atoms with Crippen molar-refractivity contribution in [2.75, 3.05) is 5.73 Å². The van der Waals surface area contributed by atoms with Crippen molar-refractivity contribution in [1.82, 2.24) is 0 Å². The smallest absolute Gasteiger partial charge is 0.239 e. The fourth-order valence-electron chi connectivity index (χ4n) is 1.83. The SMILES string of the molecule is Cc1cccc(CSc2ccc(N)cc2S(N)(=O)=O)c1. The number of thioether (sulfide) groups is 1. The Hall–Kier alpha value is -1.50. The second-order valence-electron chi connectivity index (χ2n) is 4.53. The zero-order valence-corrected chi connectivity index (χ0v) is 12.7. The summed E-state index contributed by atoms with van der Waals surface area (Å²) in [5.74, 6) is 0.675. The number of nitrogen functional groups attached to an aromatic ring is 1. The van der Waals surface area contributed by atoms with Gasteiger partial charge >= 0.3 is 0 Å². The Morgan fingerprint density at radius 2 is 1.90 bits per heavy atom. The number of primary sulfonamides is 1. The van der Waals surface area contributed by atoms with Crippen LogP contribution in [0.1, 0.15) is 11.1 Å². The molecule has 0 saturated carbocycles. The lowest BCUT2D eigenvalue weighted by atomic mass is 10.2. The van der Waals surface area contributed by atoms with E-state index in [0.717, 1.165) is 5.56 Å². The third kappa shape index (κ3) is 3.75. The molecule has 0 amide bonds. The van der Waals surface area contributed by atoms with Gasteiger partial charge in [-0.25, -0.2) is 13.6 Å². The van der Waals surface area contributed by atoms with Crippen LogP contribution in [0.15, 0.2) is 52.3 Å². The van der Waals surface area contributed by atoms with E-state index in [9.17, 15) is 8.42 Å². The quantitative estimate of drug-likeness (QED) is 0.671. The predicted octanol–water partition coefficient (Wildman–Crippen LogP) is 2.52. The van der Waals surface area contributed by atoms with Crippen LogP contribution >= 0.6 is 11.8 Å². The normalized spacial score (nSPS) is 11.5. The molecule has 0 atom stereocenters. The fraction of sp³-hybridized carbons (Fsp3) is 0.143. The second kappa shape index (κ2) is 5.87. The minimum absolute atomic E-state index is 0.0788. The van der Waals surface area contributed by atoms with Gasteiger partial charge in [0.05, 0.1) is 4.90 Å². The molecule has 0 aromatic heterocycles. The first-order chi connectivity index (χ1) is 9.36. The van der Waals surface area contributed by atoms with E-state index < -0.39 is 10.0 Å². The van der Waals surface area contributed by atoms with Gasteiger partial charge in [-0.3, -0.25) is 0 Å². The van der Waals surface area contributed by atoms with E-state index in [-0.39, 0.29) is 4.90 Å². The van der Waals surface area contributed by atoms with Crippen LogP contribution in [0.25, 0.3) is 0 Å². The van der Waals surface area contributed by atoms with Crippen molar-refractivity contribution in [2.24, 2.45) is 5.14 Å². The Labute approximate surface area is 123 Å². The third-order valence-electron chi connectivity index (χ3n) is 2.75. The van der Waals surface area contributed by atoms with Crippen LogP contribution in [0.5, 0.6) is 0 Å². The molecule has 6 heteroatoms. The number of rotatable bonds is 4. The molecule has 0 aliphatic heterocycles. The number of aryl methyl sites for hydroxylation is 1. The topological polar surface area (TPSA) is 86.2 Å². The maximum Gasteiger partial charge on any atom is 0.239 e. The van der Waals surface area contributed by atoms with Gasteiger partial charge in [-0.15, -0.1) is 11.8 Å². The van der Waals surface area contributed by atoms with Gasteiger partial charge in [-0.1, -0.05) is 29.8 Å². The molecule has 0 fully saturated rings. The fourth-order valence-corrected chi connectivity index (χ4v) is 3.87. The Kier molecular flexibility index (Phi) is 4.37. The number of hydrogen-bond donors (Lipinski definition) is 2. The van der Waals surface area contributed by atoms with Gasteiger partial charge < -0.3 is 5.73 Å². The maximum atomic E-state index is 11.6. The van der Waals surface area contributed by atoms with Crippen molar-refractivity contribution in [3.05, 3.63) is 53.6 Å². The van der Waals surface area contributed by atoms with Crippen LogP contribution in [-0.2, 0) is 15.8 Å². The predicted molar refractivity (Wildman–Crippen MR) is 83.0 cm³/mol. The summed E-state index contributed by atoms with van der Waals surface area (Å²) in [4.78, 5) is 0.693. The summed E-state index contributed by atoms with van der Waals surface area (Å²) in [6.07, 6.45) is 0. The molecule has 0 bridgehead atoms. The molecule has 0 spiro atoms. The molecule has 4 nitrogen and oxygen atoms in total. The summed E-state index contributed by atoms with van der Waals surface area (Å²) in [5.41, 5.74) is 8.31. The Bertz CT molecular complexity index is 728. The molecule has 0 aliphatic rings. The van der Waals surface area contributed by atoms with Gasteiger partial charge in [0.1, 0.15) is 0 Å². The first-order valence-electron chi connectivity index (χ1n) is 5.97. The number of nitrogens with two attached hydrogens (primary N) is 2. The van der Waals surface area contributed by atoms with Crippen molar-refractivity contribution >= 4 is 27.5 Å². The van der Waals surface area contributed by atoms with Crippen molar-refractivity contribution in [1.29, 1.82) is 0 Å². The largest absolute Gasteiger partial charge is 0.399 e. The van der Waals surface area contributed by atoms with Crippen LogP contribution in [0.2, 0.25) is 0 Å². The molecule has 0 saturated heterocycles. The molecule has 4 N–H and O–H groups in total. The highest BCUT2D eigenvalue weighted by Gasteiger charge is 2.14. The summed E-state index contributed by atoms with van der Waals surface area (Å²) >= 11 is 1.43. The van der Waals surface area contributed by atoms with Crippen LogP contribution in [0.4, 0.5) is 5.69 Å². The molecule has 0 heterocycles. The number of benzene rings is 2. The minimum atomic E-state index is -3.77. The second-order valence-corrected chi connectivity index (χ2v) is 7.08. The van der Waals surface area contributed by atoms with E-state index in [2.05, 4.69) is 6.07 Å². The average molecular weight is 308 g/mol.